The summed E-state index contributed by atoms with van der Waals surface area (Å²) in [6.07, 6.45) is 8.14. The number of hydrogen-bond donors (Lipinski definition) is 2. The lowest BCUT2D eigenvalue weighted by Gasteiger charge is -2.63. The van der Waals surface area contributed by atoms with Crippen molar-refractivity contribution >= 4 is 11.5 Å². The number of fused-ring (bicyclic) bond motifs is 5. The Bertz CT molecular complexity index is 757. The third-order valence-electron chi connectivity index (χ3n) is 9.72. The molecule has 0 aromatic rings. The maximum Gasteiger partial charge on any atom is 0.141 e. The van der Waals surface area contributed by atoms with Crippen LogP contribution in [-0.2, 0) is 9.63 Å². The van der Waals surface area contributed by atoms with Gasteiger partial charge in [0.05, 0.1) is 11.3 Å². The van der Waals surface area contributed by atoms with E-state index in [-0.39, 0.29) is 16.9 Å². The Morgan fingerprint density at radius 3 is 2.76 bits per heavy atom. The predicted octanol–water partition coefficient (Wildman–Crippen LogP) is 3.61. The summed E-state index contributed by atoms with van der Waals surface area (Å²) in [6, 6.07) is 0. The number of ketones is 1. The Morgan fingerprint density at radius 1 is 1.17 bits per heavy atom. The first kappa shape index (κ1) is 19.7. The number of rotatable bonds is 2. The first-order valence-corrected chi connectivity index (χ1v) is 11.6. The van der Waals surface area contributed by atoms with Gasteiger partial charge in [-0.3, -0.25) is 4.79 Å². The molecular weight excluding hydrogens is 364 g/mol. The summed E-state index contributed by atoms with van der Waals surface area (Å²) in [5, 5.41) is 19.7. The number of nitrogens with one attached hydrogen (secondary N) is 1. The van der Waals surface area contributed by atoms with E-state index >= 15 is 0 Å². The van der Waals surface area contributed by atoms with E-state index in [1.54, 1.807) is 0 Å². The van der Waals surface area contributed by atoms with E-state index in [4.69, 9.17) is 4.84 Å². The number of Topliss-reactive ketones (excluding diaryl/α,β-unsaturated/α-hetero) is 1. The van der Waals surface area contributed by atoms with Gasteiger partial charge in [-0.05, 0) is 68.4 Å². The maximum atomic E-state index is 12.6. The van der Waals surface area contributed by atoms with Crippen molar-refractivity contribution in [2.45, 2.75) is 83.3 Å². The number of hydrogen-bond acceptors (Lipinski definition) is 5. The smallest absolute Gasteiger partial charge is 0.141 e. The minimum atomic E-state index is -0.904. The maximum absolute atomic E-state index is 12.6. The number of carbonyl (C=O) groups excluding carboxylic acids is 1. The molecule has 0 amide bonds. The molecular formula is C24H36N2O3. The van der Waals surface area contributed by atoms with Crippen molar-refractivity contribution in [3.05, 3.63) is 12.2 Å². The van der Waals surface area contributed by atoms with Gasteiger partial charge in [-0.15, -0.1) is 0 Å². The normalized spacial score (nSPS) is 50.9. The number of aliphatic hydroxyl groups is 1. The van der Waals surface area contributed by atoms with E-state index in [0.717, 1.165) is 75.7 Å². The molecule has 0 aromatic heterocycles. The molecule has 1 aliphatic heterocycles. The van der Waals surface area contributed by atoms with Crippen molar-refractivity contribution in [3.8, 4) is 0 Å². The highest BCUT2D eigenvalue weighted by Crippen LogP contribution is 2.67. The van der Waals surface area contributed by atoms with Crippen molar-refractivity contribution in [1.29, 1.82) is 0 Å². The zero-order valence-corrected chi connectivity index (χ0v) is 18.0. The van der Waals surface area contributed by atoms with Crippen LogP contribution in [0, 0.1) is 28.6 Å². The molecule has 5 fully saturated rings. The van der Waals surface area contributed by atoms with Crippen LogP contribution >= 0.6 is 0 Å². The van der Waals surface area contributed by atoms with E-state index in [9.17, 15) is 9.90 Å². The number of oxime groups is 1. The lowest BCUT2D eigenvalue weighted by Crippen LogP contribution is -2.63. The Kier molecular flexibility index (Phi) is 4.53. The quantitative estimate of drug-likeness (QED) is 0.549. The standard InChI is InChI=1S/C24H36N2O3/c1-15-12-18-19-4-5-21(27)22(19,2)9-7-20(18)23(3)10-6-16(13-24(15,23)28)26-29-17-8-11-25-14-17/h17-20,25,28H,1,4-14H2,2-3H3/t17-,18-,19-,20-,22-,23+,24-/m0/s1. The summed E-state index contributed by atoms with van der Waals surface area (Å²) in [5.41, 5.74) is 0.706. The predicted molar refractivity (Wildman–Crippen MR) is 113 cm³/mol. The molecule has 5 nitrogen and oxygen atoms in total. The molecule has 5 rings (SSSR count). The fourth-order valence-corrected chi connectivity index (χ4v) is 7.75. The molecule has 0 bridgehead atoms. The molecule has 5 aliphatic rings. The molecule has 0 radical (unpaired) electrons. The van der Waals surface area contributed by atoms with Gasteiger partial charge in [0.1, 0.15) is 11.9 Å². The Morgan fingerprint density at radius 2 is 2.00 bits per heavy atom. The lowest BCUT2D eigenvalue weighted by molar-refractivity contribution is -0.161. The summed E-state index contributed by atoms with van der Waals surface area (Å²) < 4.78 is 0. The van der Waals surface area contributed by atoms with E-state index in [1.807, 2.05) is 0 Å². The molecule has 29 heavy (non-hydrogen) atoms. The van der Waals surface area contributed by atoms with E-state index in [1.165, 1.54) is 0 Å². The molecule has 5 heteroatoms. The molecule has 7 atom stereocenters. The Hall–Kier alpha value is -1.20. The van der Waals surface area contributed by atoms with Crippen LogP contribution in [0.25, 0.3) is 0 Å². The van der Waals surface area contributed by atoms with E-state index in [2.05, 4.69) is 30.9 Å². The van der Waals surface area contributed by atoms with Gasteiger partial charge in [-0.2, -0.15) is 0 Å². The molecule has 0 unspecified atom stereocenters. The average Bonchev–Trinajstić information content (AvgIpc) is 3.31. The first-order valence-electron chi connectivity index (χ1n) is 11.6. The summed E-state index contributed by atoms with van der Waals surface area (Å²) >= 11 is 0. The number of nitrogens with zero attached hydrogens (tertiary/aromatic N) is 1. The summed E-state index contributed by atoms with van der Waals surface area (Å²) in [5.74, 6) is 1.87. The third kappa shape index (κ3) is 2.72. The monoisotopic (exact) mass is 400 g/mol. The van der Waals surface area contributed by atoms with Gasteiger partial charge in [0.2, 0.25) is 0 Å². The van der Waals surface area contributed by atoms with Crippen LogP contribution in [0.4, 0.5) is 0 Å². The minimum Gasteiger partial charge on any atom is -0.391 e. The van der Waals surface area contributed by atoms with E-state index in [0.29, 0.717) is 30.0 Å². The highest BCUT2D eigenvalue weighted by molar-refractivity contribution is 5.88. The van der Waals surface area contributed by atoms with Crippen LogP contribution in [0.3, 0.4) is 0 Å². The Balaban J connectivity index is 1.40. The second-order valence-corrected chi connectivity index (χ2v) is 10.9. The molecule has 2 N–H and O–H groups in total. The van der Waals surface area contributed by atoms with Gasteiger partial charge in [-0.25, -0.2) is 0 Å². The van der Waals surface area contributed by atoms with Gasteiger partial charge in [0.25, 0.3) is 0 Å². The van der Waals surface area contributed by atoms with Crippen molar-refractivity contribution in [1.82, 2.24) is 5.32 Å². The fraction of sp³-hybridized carbons (Fsp3) is 0.833. The van der Waals surface area contributed by atoms with Crippen molar-refractivity contribution in [3.63, 3.8) is 0 Å². The molecule has 0 aromatic carbocycles. The second kappa shape index (κ2) is 6.65. The van der Waals surface area contributed by atoms with Gasteiger partial charge in [0, 0.05) is 36.6 Å². The van der Waals surface area contributed by atoms with Gasteiger partial charge in [0.15, 0.2) is 0 Å². The second-order valence-electron chi connectivity index (χ2n) is 10.9. The van der Waals surface area contributed by atoms with Crippen molar-refractivity contribution in [2.24, 2.45) is 33.7 Å². The topological polar surface area (TPSA) is 70.9 Å². The van der Waals surface area contributed by atoms with Crippen LogP contribution < -0.4 is 5.32 Å². The highest BCUT2D eigenvalue weighted by Gasteiger charge is 2.65. The summed E-state index contributed by atoms with van der Waals surface area (Å²) in [4.78, 5) is 18.4. The summed E-state index contributed by atoms with van der Waals surface area (Å²) in [6.45, 7) is 10.7. The van der Waals surface area contributed by atoms with Crippen LogP contribution in [0.15, 0.2) is 17.3 Å². The first-order chi connectivity index (χ1) is 13.8. The van der Waals surface area contributed by atoms with Crippen LogP contribution in [0.5, 0.6) is 0 Å². The SMILES string of the molecule is C=C1C[C@H]2[C@@H]3CCC(=O)[C@@]3(C)CC[C@@H]2[C@@]2(C)CCC(=NO[C@H]3CCNC3)C[C@]12O. The lowest BCUT2D eigenvalue weighted by atomic mass is 9.43. The minimum absolute atomic E-state index is 0.141. The van der Waals surface area contributed by atoms with Crippen LogP contribution in [0.2, 0.25) is 0 Å². The zero-order chi connectivity index (χ0) is 20.4. The molecule has 160 valence electrons. The fourth-order valence-electron chi connectivity index (χ4n) is 7.75. The Labute approximate surface area is 174 Å². The van der Waals surface area contributed by atoms with E-state index < -0.39 is 5.60 Å². The van der Waals surface area contributed by atoms with Crippen molar-refractivity contribution < 1.29 is 14.7 Å². The summed E-state index contributed by atoms with van der Waals surface area (Å²) in [7, 11) is 0. The van der Waals surface area contributed by atoms with Crippen LogP contribution in [0.1, 0.15) is 71.6 Å². The molecule has 4 aliphatic carbocycles. The third-order valence-corrected chi connectivity index (χ3v) is 9.72. The van der Waals surface area contributed by atoms with Crippen LogP contribution in [-0.4, -0.2) is 41.4 Å². The molecule has 1 saturated heterocycles. The highest BCUT2D eigenvalue weighted by atomic mass is 16.6. The average molecular weight is 401 g/mol. The van der Waals surface area contributed by atoms with Gasteiger partial charge < -0.3 is 15.3 Å². The molecule has 0 spiro atoms. The zero-order valence-electron chi connectivity index (χ0n) is 18.0. The molecule has 4 saturated carbocycles. The largest absolute Gasteiger partial charge is 0.391 e. The van der Waals surface area contributed by atoms with Crippen molar-refractivity contribution in [2.75, 3.05) is 13.1 Å². The van der Waals surface area contributed by atoms with Gasteiger partial charge >= 0.3 is 0 Å². The number of carbonyl (C=O) groups is 1. The molecule has 1 heterocycles. The van der Waals surface area contributed by atoms with Gasteiger partial charge in [-0.1, -0.05) is 25.6 Å².